The minimum Gasteiger partial charge on any atom is -0.316 e. The van der Waals surface area contributed by atoms with Gasteiger partial charge in [0.2, 0.25) is 5.91 Å². The van der Waals surface area contributed by atoms with Crippen LogP contribution in [0.5, 0.6) is 0 Å². The van der Waals surface area contributed by atoms with Crippen LogP contribution in [0, 0.1) is 0 Å². The first-order valence-corrected chi connectivity index (χ1v) is 7.03. The predicted octanol–water partition coefficient (Wildman–Crippen LogP) is 2.71. The molecule has 0 saturated carbocycles. The standard InChI is InChI=1S/C14H17N3O2S/c1-2-3-9-4-5-10(12(8-9)15-14(19)20)11-6-7-13(18)17-16-11/h4-5,8H,2-3,6-7H2,1H3,(H,17,18)(H2,15,19,20). The maximum absolute atomic E-state index is 11.2. The second-order valence-corrected chi connectivity index (χ2v) is 5.06. The Morgan fingerprint density at radius 1 is 1.45 bits per heavy atom. The zero-order chi connectivity index (χ0) is 14.5. The summed E-state index contributed by atoms with van der Waals surface area (Å²) in [5.74, 6) is -0.0869. The molecule has 0 atom stereocenters. The van der Waals surface area contributed by atoms with Gasteiger partial charge in [-0.25, -0.2) is 5.43 Å². The molecule has 1 heterocycles. The second kappa shape index (κ2) is 6.56. The average Bonchev–Trinajstić information content (AvgIpc) is 2.40. The lowest BCUT2D eigenvalue weighted by Gasteiger charge is -2.16. The van der Waals surface area contributed by atoms with E-state index in [1.807, 2.05) is 18.2 Å². The van der Waals surface area contributed by atoms with Crippen LogP contribution in [-0.2, 0) is 11.2 Å². The highest BCUT2D eigenvalue weighted by atomic mass is 32.1. The molecule has 6 heteroatoms. The van der Waals surface area contributed by atoms with E-state index in [4.69, 9.17) is 0 Å². The SMILES string of the molecule is CCCc1ccc(C2=NNC(=O)CC2)c(NC(=O)S)c1. The van der Waals surface area contributed by atoms with Gasteiger partial charge in [0.25, 0.3) is 5.24 Å². The van der Waals surface area contributed by atoms with Crippen molar-refractivity contribution in [3.8, 4) is 0 Å². The molecule has 0 saturated heterocycles. The van der Waals surface area contributed by atoms with Gasteiger partial charge in [0.15, 0.2) is 0 Å². The minimum absolute atomic E-state index is 0.0869. The first kappa shape index (κ1) is 14.6. The normalized spacial score (nSPS) is 14.5. The van der Waals surface area contributed by atoms with E-state index in [-0.39, 0.29) is 5.91 Å². The Kier molecular flexibility index (Phi) is 4.79. The van der Waals surface area contributed by atoms with Gasteiger partial charge in [-0.15, -0.1) is 0 Å². The van der Waals surface area contributed by atoms with Gasteiger partial charge in [0.05, 0.1) is 11.4 Å². The van der Waals surface area contributed by atoms with Gasteiger partial charge in [-0.2, -0.15) is 5.10 Å². The molecule has 2 N–H and O–H groups in total. The number of hydrogen-bond donors (Lipinski definition) is 3. The van der Waals surface area contributed by atoms with E-state index < -0.39 is 5.24 Å². The van der Waals surface area contributed by atoms with Crippen molar-refractivity contribution in [2.75, 3.05) is 5.32 Å². The number of nitrogens with one attached hydrogen (secondary N) is 2. The van der Waals surface area contributed by atoms with E-state index >= 15 is 0 Å². The highest BCUT2D eigenvalue weighted by Gasteiger charge is 2.17. The van der Waals surface area contributed by atoms with Crippen LogP contribution in [0.25, 0.3) is 0 Å². The summed E-state index contributed by atoms with van der Waals surface area (Å²) in [6, 6.07) is 5.89. The first-order chi connectivity index (χ1) is 9.60. The maximum Gasteiger partial charge on any atom is 0.280 e. The fourth-order valence-electron chi connectivity index (χ4n) is 2.17. The lowest BCUT2D eigenvalue weighted by Crippen LogP contribution is -2.26. The van der Waals surface area contributed by atoms with Crippen LogP contribution >= 0.6 is 12.6 Å². The molecule has 2 rings (SSSR count). The highest BCUT2D eigenvalue weighted by Crippen LogP contribution is 2.23. The molecule has 106 valence electrons. The van der Waals surface area contributed by atoms with Crippen LogP contribution in [0.4, 0.5) is 10.5 Å². The smallest absolute Gasteiger partial charge is 0.280 e. The van der Waals surface area contributed by atoms with Crippen molar-refractivity contribution >= 4 is 35.2 Å². The zero-order valence-corrected chi connectivity index (χ0v) is 12.2. The number of carbonyl (C=O) groups excluding carboxylic acids is 2. The quantitative estimate of drug-likeness (QED) is 0.746. The van der Waals surface area contributed by atoms with Crippen molar-refractivity contribution in [3.63, 3.8) is 0 Å². The van der Waals surface area contributed by atoms with Crippen molar-refractivity contribution in [2.24, 2.45) is 5.10 Å². The van der Waals surface area contributed by atoms with Gasteiger partial charge >= 0.3 is 0 Å². The minimum atomic E-state index is -0.416. The zero-order valence-electron chi connectivity index (χ0n) is 11.3. The monoisotopic (exact) mass is 291 g/mol. The van der Waals surface area contributed by atoms with Crippen molar-refractivity contribution in [1.82, 2.24) is 5.43 Å². The Balaban J connectivity index is 2.35. The van der Waals surface area contributed by atoms with Crippen molar-refractivity contribution < 1.29 is 9.59 Å². The molecule has 0 spiro atoms. The summed E-state index contributed by atoms with van der Waals surface area (Å²) in [5, 5.41) is 6.36. The molecule has 1 aromatic rings. The van der Waals surface area contributed by atoms with E-state index in [2.05, 4.69) is 35.4 Å². The Morgan fingerprint density at radius 3 is 2.85 bits per heavy atom. The second-order valence-electron chi connectivity index (χ2n) is 4.65. The van der Waals surface area contributed by atoms with Crippen LogP contribution in [-0.4, -0.2) is 16.9 Å². The number of rotatable bonds is 4. The van der Waals surface area contributed by atoms with E-state index in [0.717, 1.165) is 29.7 Å². The van der Waals surface area contributed by atoms with Gasteiger partial charge < -0.3 is 5.32 Å². The number of thiol groups is 1. The average molecular weight is 291 g/mol. The summed E-state index contributed by atoms with van der Waals surface area (Å²) in [5.41, 5.74) is 5.90. The molecular formula is C14H17N3O2S. The lowest BCUT2D eigenvalue weighted by atomic mass is 9.99. The number of aryl methyl sites for hydroxylation is 1. The molecule has 1 aliphatic heterocycles. The molecule has 20 heavy (non-hydrogen) atoms. The third kappa shape index (κ3) is 3.60. The third-order valence-electron chi connectivity index (χ3n) is 3.08. The summed E-state index contributed by atoms with van der Waals surface area (Å²) in [6.45, 7) is 2.10. The molecule has 0 aliphatic carbocycles. The third-order valence-corrected chi connectivity index (χ3v) is 3.19. The molecule has 0 radical (unpaired) electrons. The number of amides is 2. The van der Waals surface area contributed by atoms with Crippen molar-refractivity contribution in [3.05, 3.63) is 29.3 Å². The molecule has 2 amide bonds. The summed E-state index contributed by atoms with van der Waals surface area (Å²) in [6.07, 6.45) is 2.95. The van der Waals surface area contributed by atoms with Crippen LogP contribution in [0.1, 0.15) is 37.3 Å². The molecular weight excluding hydrogens is 274 g/mol. The van der Waals surface area contributed by atoms with Crippen LogP contribution in [0.2, 0.25) is 0 Å². The van der Waals surface area contributed by atoms with Gasteiger partial charge in [-0.1, -0.05) is 38.1 Å². The molecule has 0 aromatic heterocycles. The highest BCUT2D eigenvalue weighted by molar-refractivity contribution is 7.96. The van der Waals surface area contributed by atoms with Crippen molar-refractivity contribution in [1.29, 1.82) is 0 Å². The number of anilines is 1. The summed E-state index contributed by atoms with van der Waals surface area (Å²) in [4.78, 5) is 22.4. The van der Waals surface area contributed by atoms with Gasteiger partial charge in [0, 0.05) is 18.4 Å². The van der Waals surface area contributed by atoms with Gasteiger partial charge in [-0.05, 0) is 18.1 Å². The molecule has 5 nitrogen and oxygen atoms in total. The van der Waals surface area contributed by atoms with Gasteiger partial charge in [-0.3, -0.25) is 9.59 Å². The van der Waals surface area contributed by atoms with Crippen LogP contribution < -0.4 is 10.7 Å². The molecule has 1 aromatic carbocycles. The molecule has 1 aliphatic rings. The summed E-state index contributed by atoms with van der Waals surface area (Å²) >= 11 is 3.76. The number of carbonyl (C=O) groups is 2. The first-order valence-electron chi connectivity index (χ1n) is 6.58. The number of benzene rings is 1. The number of hydrazone groups is 1. The summed E-state index contributed by atoms with van der Waals surface area (Å²) < 4.78 is 0. The Morgan fingerprint density at radius 2 is 2.25 bits per heavy atom. The maximum atomic E-state index is 11.2. The predicted molar refractivity (Wildman–Crippen MR) is 82.4 cm³/mol. The Hall–Kier alpha value is -1.82. The molecule has 0 unspecified atom stereocenters. The van der Waals surface area contributed by atoms with Gasteiger partial charge in [0.1, 0.15) is 0 Å². The molecule has 0 bridgehead atoms. The fraction of sp³-hybridized carbons (Fsp3) is 0.357. The van der Waals surface area contributed by atoms with E-state index in [9.17, 15) is 9.59 Å². The number of hydrogen-bond acceptors (Lipinski definition) is 3. The fourth-order valence-corrected chi connectivity index (χ4v) is 2.29. The summed E-state index contributed by atoms with van der Waals surface area (Å²) in [7, 11) is 0. The number of nitrogens with zero attached hydrogens (tertiary/aromatic N) is 1. The lowest BCUT2D eigenvalue weighted by molar-refractivity contribution is -0.121. The largest absolute Gasteiger partial charge is 0.316 e. The van der Waals surface area contributed by atoms with E-state index in [1.54, 1.807) is 0 Å². The van der Waals surface area contributed by atoms with E-state index in [0.29, 0.717) is 18.5 Å². The molecule has 0 fully saturated rings. The van der Waals surface area contributed by atoms with Crippen molar-refractivity contribution in [2.45, 2.75) is 32.6 Å². The van der Waals surface area contributed by atoms with Crippen LogP contribution in [0.3, 0.4) is 0 Å². The van der Waals surface area contributed by atoms with Crippen LogP contribution in [0.15, 0.2) is 23.3 Å². The van der Waals surface area contributed by atoms with E-state index in [1.165, 1.54) is 0 Å². The Labute approximate surface area is 123 Å². The topological polar surface area (TPSA) is 70.6 Å². The Bertz CT molecular complexity index is 570.